The summed E-state index contributed by atoms with van der Waals surface area (Å²) in [5.41, 5.74) is 0.829. The van der Waals surface area contributed by atoms with E-state index in [0.29, 0.717) is 27.3 Å². The van der Waals surface area contributed by atoms with Crippen molar-refractivity contribution in [1.29, 1.82) is 0 Å². The van der Waals surface area contributed by atoms with Crippen LogP contribution in [0.25, 0.3) is 6.08 Å². The molecule has 1 aliphatic rings. The molecule has 0 atom stereocenters. The smallest absolute Gasteiger partial charge is 0.266 e. The lowest BCUT2D eigenvalue weighted by molar-refractivity contribution is -0.122. The Balaban J connectivity index is 2.32. The number of hydrogen-bond donors (Lipinski definition) is 0. The van der Waals surface area contributed by atoms with Gasteiger partial charge in [-0.05, 0) is 24.6 Å². The van der Waals surface area contributed by atoms with E-state index in [4.69, 9.17) is 21.7 Å². The summed E-state index contributed by atoms with van der Waals surface area (Å²) in [7, 11) is 3.19. The molecule has 0 aliphatic carbocycles. The van der Waals surface area contributed by atoms with Crippen molar-refractivity contribution in [3.8, 4) is 11.5 Å². The Morgan fingerprint density at radius 3 is 2.71 bits per heavy atom. The van der Waals surface area contributed by atoms with Crippen molar-refractivity contribution in [2.45, 2.75) is 13.3 Å². The van der Waals surface area contributed by atoms with Gasteiger partial charge in [0.15, 0.2) is 0 Å². The third-order valence-electron chi connectivity index (χ3n) is 3.05. The molecule has 1 amide bonds. The predicted molar refractivity (Wildman–Crippen MR) is 89.7 cm³/mol. The minimum Gasteiger partial charge on any atom is -0.497 e. The number of hydrogen-bond acceptors (Lipinski definition) is 5. The number of methoxy groups -OCH3 is 2. The predicted octanol–water partition coefficient (Wildman–Crippen LogP) is 3.32. The van der Waals surface area contributed by atoms with Crippen LogP contribution in [0.1, 0.15) is 18.9 Å². The molecule has 0 spiro atoms. The Morgan fingerprint density at radius 2 is 2.10 bits per heavy atom. The van der Waals surface area contributed by atoms with E-state index in [-0.39, 0.29) is 5.91 Å². The molecular formula is C15H17NO3S2. The molecule has 0 bridgehead atoms. The van der Waals surface area contributed by atoms with Gasteiger partial charge in [-0.2, -0.15) is 0 Å². The van der Waals surface area contributed by atoms with Crippen LogP contribution in [0.3, 0.4) is 0 Å². The third-order valence-corrected chi connectivity index (χ3v) is 4.43. The van der Waals surface area contributed by atoms with E-state index in [1.165, 1.54) is 11.8 Å². The molecule has 2 rings (SSSR count). The molecule has 1 saturated heterocycles. The van der Waals surface area contributed by atoms with Gasteiger partial charge >= 0.3 is 0 Å². The Labute approximate surface area is 134 Å². The fourth-order valence-corrected chi connectivity index (χ4v) is 3.29. The summed E-state index contributed by atoms with van der Waals surface area (Å²) in [6, 6.07) is 5.49. The van der Waals surface area contributed by atoms with E-state index >= 15 is 0 Å². The highest BCUT2D eigenvalue weighted by Gasteiger charge is 2.31. The number of carbonyl (C=O) groups is 1. The fourth-order valence-electron chi connectivity index (χ4n) is 2.00. The zero-order valence-electron chi connectivity index (χ0n) is 12.2. The normalized spacial score (nSPS) is 16.7. The van der Waals surface area contributed by atoms with Crippen LogP contribution in [-0.4, -0.2) is 35.9 Å². The molecule has 21 heavy (non-hydrogen) atoms. The van der Waals surface area contributed by atoms with Crippen molar-refractivity contribution in [2.75, 3.05) is 20.8 Å². The van der Waals surface area contributed by atoms with Gasteiger partial charge in [-0.3, -0.25) is 9.69 Å². The minimum atomic E-state index is -0.0373. The summed E-state index contributed by atoms with van der Waals surface area (Å²) >= 11 is 6.58. The maximum Gasteiger partial charge on any atom is 0.266 e. The Morgan fingerprint density at radius 1 is 1.33 bits per heavy atom. The standard InChI is InChI=1S/C15H17NO3S2/c1-4-7-16-14(17)13(21-15(16)20)8-10-5-6-11(18-2)9-12(10)19-3/h5-6,8-9H,4,7H2,1-3H3/b13-8+. The zero-order valence-corrected chi connectivity index (χ0v) is 13.8. The molecule has 0 aromatic heterocycles. The highest BCUT2D eigenvalue weighted by Crippen LogP contribution is 2.35. The van der Waals surface area contributed by atoms with Crippen LogP contribution in [0.5, 0.6) is 11.5 Å². The summed E-state index contributed by atoms with van der Waals surface area (Å²) in [5, 5.41) is 0. The van der Waals surface area contributed by atoms with Crippen molar-refractivity contribution >= 4 is 40.3 Å². The number of ether oxygens (including phenoxy) is 2. The molecule has 0 unspecified atom stereocenters. The summed E-state index contributed by atoms with van der Waals surface area (Å²) in [6.45, 7) is 2.68. The number of thioether (sulfide) groups is 1. The Bertz CT molecular complexity index is 599. The molecule has 0 N–H and O–H groups in total. The summed E-state index contributed by atoms with van der Waals surface area (Å²) in [6.07, 6.45) is 2.69. The first-order valence-corrected chi connectivity index (χ1v) is 7.80. The lowest BCUT2D eigenvalue weighted by Crippen LogP contribution is -2.28. The molecule has 1 heterocycles. The summed E-state index contributed by atoms with van der Waals surface area (Å²) < 4.78 is 11.1. The second kappa shape index (κ2) is 6.95. The van der Waals surface area contributed by atoms with Crippen molar-refractivity contribution in [3.05, 3.63) is 28.7 Å². The van der Waals surface area contributed by atoms with Crippen LogP contribution in [0.2, 0.25) is 0 Å². The number of thiocarbonyl (C=S) groups is 1. The van der Waals surface area contributed by atoms with Gasteiger partial charge in [0, 0.05) is 18.2 Å². The number of benzene rings is 1. The number of carbonyl (C=O) groups excluding carboxylic acids is 1. The third kappa shape index (κ3) is 3.39. The molecule has 1 aromatic carbocycles. The molecule has 0 radical (unpaired) electrons. The van der Waals surface area contributed by atoms with Crippen LogP contribution in [-0.2, 0) is 4.79 Å². The van der Waals surface area contributed by atoms with E-state index < -0.39 is 0 Å². The minimum absolute atomic E-state index is 0.0373. The van der Waals surface area contributed by atoms with Gasteiger partial charge in [0.1, 0.15) is 15.8 Å². The van der Waals surface area contributed by atoms with Crippen molar-refractivity contribution in [2.24, 2.45) is 0 Å². The maximum atomic E-state index is 12.3. The molecular weight excluding hydrogens is 306 g/mol. The SMILES string of the molecule is CCCN1C(=O)/C(=C\c2ccc(OC)cc2OC)SC1=S. The fraction of sp³-hybridized carbons (Fsp3) is 0.333. The van der Waals surface area contributed by atoms with Crippen molar-refractivity contribution in [3.63, 3.8) is 0 Å². The van der Waals surface area contributed by atoms with Gasteiger partial charge in [-0.25, -0.2) is 0 Å². The second-order valence-corrected chi connectivity index (χ2v) is 6.12. The molecule has 112 valence electrons. The highest BCUT2D eigenvalue weighted by atomic mass is 32.2. The van der Waals surface area contributed by atoms with Crippen LogP contribution >= 0.6 is 24.0 Å². The van der Waals surface area contributed by atoms with Gasteiger partial charge in [0.05, 0.1) is 19.1 Å². The van der Waals surface area contributed by atoms with E-state index in [9.17, 15) is 4.79 Å². The van der Waals surface area contributed by atoms with Gasteiger partial charge < -0.3 is 9.47 Å². The monoisotopic (exact) mass is 323 g/mol. The quantitative estimate of drug-likeness (QED) is 0.614. The van der Waals surface area contributed by atoms with Gasteiger partial charge in [-0.15, -0.1) is 0 Å². The lowest BCUT2D eigenvalue weighted by Gasteiger charge is -2.12. The number of nitrogens with zero attached hydrogens (tertiary/aromatic N) is 1. The molecule has 1 aliphatic heterocycles. The van der Waals surface area contributed by atoms with Gasteiger partial charge in [0.2, 0.25) is 0 Å². The van der Waals surface area contributed by atoms with Crippen LogP contribution < -0.4 is 9.47 Å². The molecule has 0 saturated carbocycles. The first-order valence-electron chi connectivity index (χ1n) is 6.58. The topological polar surface area (TPSA) is 38.8 Å². The van der Waals surface area contributed by atoms with Crippen LogP contribution in [0.15, 0.2) is 23.1 Å². The van der Waals surface area contributed by atoms with E-state index in [2.05, 4.69) is 0 Å². The zero-order chi connectivity index (χ0) is 15.4. The lowest BCUT2D eigenvalue weighted by atomic mass is 10.1. The Kier molecular flexibility index (Phi) is 5.25. The van der Waals surface area contributed by atoms with E-state index in [0.717, 1.165) is 12.0 Å². The molecule has 6 heteroatoms. The van der Waals surface area contributed by atoms with Crippen LogP contribution in [0.4, 0.5) is 0 Å². The molecule has 1 aromatic rings. The maximum absolute atomic E-state index is 12.3. The Hall–Kier alpha value is -1.53. The van der Waals surface area contributed by atoms with Crippen molar-refractivity contribution < 1.29 is 14.3 Å². The van der Waals surface area contributed by atoms with Gasteiger partial charge in [0.25, 0.3) is 5.91 Å². The second-order valence-electron chi connectivity index (χ2n) is 4.44. The molecule has 4 nitrogen and oxygen atoms in total. The first kappa shape index (κ1) is 15.9. The molecule has 1 fully saturated rings. The first-order chi connectivity index (χ1) is 10.1. The number of amides is 1. The van der Waals surface area contributed by atoms with Gasteiger partial charge in [-0.1, -0.05) is 30.9 Å². The largest absolute Gasteiger partial charge is 0.497 e. The van der Waals surface area contributed by atoms with E-state index in [1.54, 1.807) is 25.2 Å². The summed E-state index contributed by atoms with van der Waals surface area (Å²) in [5.74, 6) is 1.34. The summed E-state index contributed by atoms with van der Waals surface area (Å²) in [4.78, 5) is 14.6. The number of rotatable bonds is 5. The highest BCUT2D eigenvalue weighted by molar-refractivity contribution is 8.26. The average Bonchev–Trinajstić information content (AvgIpc) is 2.75. The van der Waals surface area contributed by atoms with E-state index in [1.807, 2.05) is 25.1 Å². The van der Waals surface area contributed by atoms with Crippen LogP contribution in [0, 0.1) is 0 Å². The van der Waals surface area contributed by atoms with Crippen molar-refractivity contribution in [1.82, 2.24) is 4.90 Å². The average molecular weight is 323 g/mol.